The van der Waals surface area contributed by atoms with Gasteiger partial charge in [-0.2, -0.15) is 0 Å². The number of hydrogen-bond donors (Lipinski definition) is 2. The Kier molecular flexibility index (Phi) is 9.46. The molecule has 4 aromatic carbocycles. The van der Waals surface area contributed by atoms with Gasteiger partial charge < -0.3 is 19.7 Å². The monoisotopic (exact) mass is 640 g/mol. The van der Waals surface area contributed by atoms with Gasteiger partial charge in [-0.15, -0.1) is 0 Å². The Labute approximate surface area is 270 Å². The van der Waals surface area contributed by atoms with Gasteiger partial charge in [0, 0.05) is 31.7 Å². The first kappa shape index (κ1) is 30.8. The zero-order valence-corrected chi connectivity index (χ0v) is 26.1. The third-order valence-electron chi connectivity index (χ3n) is 7.92. The lowest BCUT2D eigenvalue weighted by molar-refractivity contribution is -0.122. The summed E-state index contributed by atoms with van der Waals surface area (Å²) in [6.07, 6.45) is 2.40. The van der Waals surface area contributed by atoms with E-state index in [9.17, 15) is 14.7 Å². The van der Waals surface area contributed by atoms with Crippen LogP contribution in [0.25, 0.3) is 28.0 Å². The largest absolute Gasteiger partial charge is 0.508 e. The van der Waals surface area contributed by atoms with Crippen LogP contribution >= 0.6 is 24.0 Å². The number of aromatic hydroxyl groups is 1. The number of benzene rings is 4. The van der Waals surface area contributed by atoms with Crippen LogP contribution in [0.5, 0.6) is 11.5 Å². The van der Waals surface area contributed by atoms with Crippen LogP contribution in [0.4, 0.5) is 0 Å². The zero-order valence-electron chi connectivity index (χ0n) is 24.5. The Morgan fingerprint density at radius 1 is 0.933 bits per heavy atom. The molecular weight excluding hydrogens is 609 g/mol. The average molecular weight is 641 g/mol. The van der Waals surface area contributed by atoms with Crippen LogP contribution in [0, 0.1) is 0 Å². The summed E-state index contributed by atoms with van der Waals surface area (Å²) >= 11 is 6.87. The van der Waals surface area contributed by atoms with Crippen molar-refractivity contribution in [2.45, 2.75) is 6.42 Å². The van der Waals surface area contributed by atoms with E-state index in [1.807, 2.05) is 42.5 Å². The number of aromatic carboxylic acids is 1. The van der Waals surface area contributed by atoms with Gasteiger partial charge in [-0.1, -0.05) is 60.4 Å². The molecule has 2 saturated heterocycles. The fraction of sp³-hybridized carbons (Fsp3) is 0.229. The first-order chi connectivity index (χ1) is 21.8. The molecule has 0 spiro atoms. The molecule has 0 bridgehead atoms. The number of amides is 1. The van der Waals surface area contributed by atoms with Gasteiger partial charge in [-0.25, -0.2) is 4.79 Å². The molecule has 2 fully saturated rings. The molecule has 2 aliphatic heterocycles. The van der Waals surface area contributed by atoms with E-state index in [-0.39, 0.29) is 17.2 Å². The number of phenols is 1. The highest BCUT2D eigenvalue weighted by Crippen LogP contribution is 2.36. The Bertz CT molecular complexity index is 1780. The summed E-state index contributed by atoms with van der Waals surface area (Å²) in [5.74, 6) is -0.230. The van der Waals surface area contributed by atoms with Gasteiger partial charge in [0.2, 0.25) is 0 Å². The Morgan fingerprint density at radius 3 is 2.42 bits per heavy atom. The smallest absolute Gasteiger partial charge is 0.335 e. The van der Waals surface area contributed by atoms with Gasteiger partial charge in [-0.05, 0) is 82.4 Å². The van der Waals surface area contributed by atoms with Crippen molar-refractivity contribution in [2.24, 2.45) is 0 Å². The number of morpholine rings is 1. The minimum Gasteiger partial charge on any atom is -0.508 e. The Balaban J connectivity index is 1.24. The molecule has 6 rings (SSSR count). The maximum Gasteiger partial charge on any atom is 0.335 e. The maximum atomic E-state index is 13.5. The molecule has 0 unspecified atom stereocenters. The minimum absolute atomic E-state index is 0.165. The SMILES string of the molecule is O=C(O)c1ccc(CCN2C(=O)C(=Cc3cc(-c4ccc5cc(O)ccc5c4)ccc3OCCN3CCOCC3)SC2=S)cc1. The highest BCUT2D eigenvalue weighted by atomic mass is 32.2. The van der Waals surface area contributed by atoms with Gasteiger partial charge in [-0.3, -0.25) is 14.6 Å². The topological polar surface area (TPSA) is 99.5 Å². The molecule has 45 heavy (non-hydrogen) atoms. The third kappa shape index (κ3) is 7.37. The van der Waals surface area contributed by atoms with Gasteiger partial charge in [0.15, 0.2) is 0 Å². The molecule has 1 amide bonds. The van der Waals surface area contributed by atoms with Crippen molar-refractivity contribution in [3.05, 3.63) is 100 Å². The maximum absolute atomic E-state index is 13.5. The summed E-state index contributed by atoms with van der Waals surface area (Å²) in [4.78, 5) is 29.1. The van der Waals surface area contributed by atoms with Crippen molar-refractivity contribution in [3.63, 3.8) is 0 Å². The second-order valence-corrected chi connectivity index (χ2v) is 12.6. The number of thioether (sulfide) groups is 1. The normalized spacial score (nSPS) is 16.5. The van der Waals surface area contributed by atoms with Crippen molar-refractivity contribution in [2.75, 3.05) is 46.0 Å². The Hall–Kier alpha value is -4.22. The highest BCUT2D eigenvalue weighted by molar-refractivity contribution is 8.26. The molecule has 0 radical (unpaired) electrons. The lowest BCUT2D eigenvalue weighted by atomic mass is 9.99. The van der Waals surface area contributed by atoms with Gasteiger partial charge in [0.25, 0.3) is 5.91 Å². The summed E-state index contributed by atoms with van der Waals surface area (Å²) in [5.41, 5.74) is 3.90. The second kappa shape index (κ2) is 13.8. The van der Waals surface area contributed by atoms with Gasteiger partial charge >= 0.3 is 5.97 Å². The standard InChI is InChI=1S/C35H32N2O6S2/c38-30-9-7-26-19-25(5-6-28(26)21-30)27-8-10-31(43-18-15-36-13-16-42-17-14-36)29(20-27)22-32-33(39)37(35(44)45-32)12-11-23-1-3-24(4-2-23)34(40)41/h1-10,19-22,38H,11-18H2,(H,40,41). The summed E-state index contributed by atoms with van der Waals surface area (Å²) < 4.78 is 12.2. The van der Waals surface area contributed by atoms with E-state index in [1.54, 1.807) is 41.3 Å². The number of nitrogens with zero attached hydrogens (tertiary/aromatic N) is 2. The molecule has 10 heteroatoms. The lowest BCUT2D eigenvalue weighted by Crippen LogP contribution is -2.38. The second-order valence-electron chi connectivity index (χ2n) is 10.9. The van der Waals surface area contributed by atoms with Crippen LogP contribution in [0.15, 0.2) is 83.8 Å². The number of ether oxygens (including phenoxy) is 2. The molecular formula is C35H32N2O6S2. The fourth-order valence-electron chi connectivity index (χ4n) is 5.38. The van der Waals surface area contributed by atoms with E-state index in [4.69, 9.17) is 26.8 Å². The summed E-state index contributed by atoms with van der Waals surface area (Å²) in [6, 6.07) is 24.0. The Morgan fingerprint density at radius 2 is 1.64 bits per heavy atom. The molecule has 230 valence electrons. The number of carboxylic acid groups (broad SMARTS) is 1. The van der Waals surface area contributed by atoms with Crippen LogP contribution in [-0.4, -0.2) is 82.2 Å². The summed E-state index contributed by atoms with van der Waals surface area (Å²) in [5, 5.41) is 21.0. The molecule has 8 nitrogen and oxygen atoms in total. The van der Waals surface area contributed by atoms with Crippen molar-refractivity contribution in [1.82, 2.24) is 9.80 Å². The summed E-state index contributed by atoms with van der Waals surface area (Å²) in [7, 11) is 0. The van der Waals surface area contributed by atoms with Crippen molar-refractivity contribution in [1.29, 1.82) is 0 Å². The van der Waals surface area contributed by atoms with Gasteiger partial charge in [0.1, 0.15) is 22.4 Å². The molecule has 2 aliphatic rings. The molecule has 0 atom stereocenters. The molecule has 0 saturated carbocycles. The van der Waals surface area contributed by atoms with E-state index in [2.05, 4.69) is 11.0 Å². The predicted molar refractivity (Wildman–Crippen MR) is 181 cm³/mol. The number of rotatable bonds is 10. The number of carbonyl (C=O) groups is 2. The van der Waals surface area contributed by atoms with E-state index in [1.165, 1.54) is 11.8 Å². The minimum atomic E-state index is -0.974. The fourth-order valence-corrected chi connectivity index (χ4v) is 6.68. The first-order valence-electron chi connectivity index (χ1n) is 14.7. The number of carbonyl (C=O) groups excluding carboxylic acids is 1. The third-order valence-corrected chi connectivity index (χ3v) is 9.30. The lowest BCUT2D eigenvalue weighted by Gasteiger charge is -2.26. The highest BCUT2D eigenvalue weighted by Gasteiger charge is 2.32. The zero-order chi connectivity index (χ0) is 31.3. The first-order valence-corrected chi connectivity index (χ1v) is 15.9. The van der Waals surface area contributed by atoms with Crippen LogP contribution in [-0.2, 0) is 16.0 Å². The van der Waals surface area contributed by atoms with Crippen molar-refractivity contribution < 1.29 is 29.3 Å². The molecule has 2 heterocycles. The van der Waals surface area contributed by atoms with Crippen LogP contribution in [0.1, 0.15) is 21.5 Å². The molecule has 0 aromatic heterocycles. The van der Waals surface area contributed by atoms with Crippen molar-refractivity contribution >= 4 is 57.0 Å². The van der Waals surface area contributed by atoms with Crippen LogP contribution < -0.4 is 4.74 Å². The van der Waals surface area contributed by atoms with Gasteiger partial charge in [0.05, 0.1) is 23.7 Å². The van der Waals surface area contributed by atoms with Crippen LogP contribution in [0.2, 0.25) is 0 Å². The molecule has 4 aromatic rings. The van der Waals surface area contributed by atoms with Crippen molar-refractivity contribution in [3.8, 4) is 22.6 Å². The number of fused-ring (bicyclic) bond motifs is 1. The number of phenolic OH excluding ortho intramolecular Hbond substituents is 1. The molecule has 0 aliphatic carbocycles. The molecule has 2 N–H and O–H groups in total. The van der Waals surface area contributed by atoms with E-state index in [0.717, 1.165) is 65.9 Å². The van der Waals surface area contributed by atoms with E-state index >= 15 is 0 Å². The number of thiocarbonyl (C=S) groups is 1. The quantitative estimate of drug-likeness (QED) is 0.158. The summed E-state index contributed by atoms with van der Waals surface area (Å²) in [6.45, 7) is 4.87. The number of hydrogen-bond acceptors (Lipinski definition) is 8. The van der Waals surface area contributed by atoms with E-state index < -0.39 is 5.97 Å². The predicted octanol–water partition coefficient (Wildman–Crippen LogP) is 6.07. The number of carboxylic acids is 1. The van der Waals surface area contributed by atoms with E-state index in [0.29, 0.717) is 34.5 Å². The average Bonchev–Trinajstić information content (AvgIpc) is 3.32. The van der Waals surface area contributed by atoms with Crippen LogP contribution in [0.3, 0.4) is 0 Å².